The maximum Gasteiger partial charge on any atom is 0.152 e. The van der Waals surface area contributed by atoms with Gasteiger partial charge in [-0.05, 0) is 24.9 Å². The average molecular weight is 233 g/mol. The third-order valence-electron chi connectivity index (χ3n) is 3.03. The normalized spacial score (nSPS) is 12.8. The first-order chi connectivity index (χ1) is 8.35. The first-order valence-electron chi connectivity index (χ1n) is 6.07. The van der Waals surface area contributed by atoms with Crippen LogP contribution in [0.3, 0.4) is 0 Å². The zero-order chi connectivity index (χ0) is 12.1. The lowest BCUT2D eigenvalue weighted by Crippen LogP contribution is -2.18. The summed E-state index contributed by atoms with van der Waals surface area (Å²) in [6.45, 7) is 3.84. The van der Waals surface area contributed by atoms with E-state index >= 15 is 0 Å². The van der Waals surface area contributed by atoms with Crippen molar-refractivity contribution in [3.63, 3.8) is 0 Å². The lowest BCUT2D eigenvalue weighted by Gasteiger charge is -2.15. The second kappa shape index (κ2) is 5.63. The number of nitrogens with two attached hydrogens (primary N) is 1. The topological polar surface area (TPSA) is 68.2 Å². The van der Waals surface area contributed by atoms with Crippen LogP contribution in [0.2, 0.25) is 0 Å². The van der Waals surface area contributed by atoms with E-state index < -0.39 is 0 Å². The van der Waals surface area contributed by atoms with Gasteiger partial charge in [-0.25, -0.2) is 9.50 Å². The summed E-state index contributed by atoms with van der Waals surface area (Å²) in [6.07, 6.45) is 7.56. The monoisotopic (exact) mass is 233 g/mol. The van der Waals surface area contributed by atoms with Gasteiger partial charge in [-0.1, -0.05) is 13.3 Å². The quantitative estimate of drug-likeness (QED) is 0.793. The molecule has 0 aliphatic rings. The molecule has 2 heterocycles. The van der Waals surface area contributed by atoms with Gasteiger partial charge in [0.05, 0.1) is 6.20 Å². The summed E-state index contributed by atoms with van der Waals surface area (Å²) >= 11 is 0. The van der Waals surface area contributed by atoms with E-state index in [1.807, 2.05) is 16.8 Å². The molecule has 0 amide bonds. The molecule has 17 heavy (non-hydrogen) atoms. The standard InChI is InChI=1S/C12H19N5/c1-2-10(3-5-13)9-15-12-11-4-6-16-17(11)8-7-14-12/h4,6-8,10H,2-3,5,9,13H2,1H3,(H,14,15). The Kier molecular flexibility index (Phi) is 3.93. The molecular weight excluding hydrogens is 214 g/mol. The van der Waals surface area contributed by atoms with Crippen molar-refractivity contribution in [2.24, 2.45) is 11.7 Å². The molecule has 5 heteroatoms. The third-order valence-corrected chi connectivity index (χ3v) is 3.03. The number of nitrogens with zero attached hydrogens (tertiary/aromatic N) is 3. The highest BCUT2D eigenvalue weighted by Crippen LogP contribution is 2.14. The fraction of sp³-hybridized carbons (Fsp3) is 0.500. The SMILES string of the molecule is CCC(CCN)CNc1nccn2nccc12. The van der Waals surface area contributed by atoms with Crippen molar-refractivity contribution in [3.05, 3.63) is 24.7 Å². The van der Waals surface area contributed by atoms with Gasteiger partial charge in [0.15, 0.2) is 5.82 Å². The van der Waals surface area contributed by atoms with Gasteiger partial charge in [-0.2, -0.15) is 5.10 Å². The van der Waals surface area contributed by atoms with Crippen LogP contribution in [0, 0.1) is 5.92 Å². The van der Waals surface area contributed by atoms with Crippen LogP contribution in [0.15, 0.2) is 24.7 Å². The van der Waals surface area contributed by atoms with E-state index in [0.29, 0.717) is 5.92 Å². The van der Waals surface area contributed by atoms with Crippen LogP contribution in [-0.2, 0) is 0 Å². The van der Waals surface area contributed by atoms with Crippen LogP contribution in [-0.4, -0.2) is 27.7 Å². The number of fused-ring (bicyclic) bond motifs is 1. The highest BCUT2D eigenvalue weighted by atomic mass is 15.2. The second-order valence-corrected chi connectivity index (χ2v) is 4.17. The van der Waals surface area contributed by atoms with E-state index in [2.05, 4.69) is 22.3 Å². The maximum atomic E-state index is 5.59. The smallest absolute Gasteiger partial charge is 0.152 e. The van der Waals surface area contributed by atoms with Gasteiger partial charge in [0.2, 0.25) is 0 Å². The van der Waals surface area contributed by atoms with Crippen molar-refractivity contribution >= 4 is 11.3 Å². The molecule has 0 bridgehead atoms. The molecule has 3 N–H and O–H groups in total. The zero-order valence-corrected chi connectivity index (χ0v) is 10.1. The molecule has 0 saturated carbocycles. The van der Waals surface area contributed by atoms with Crippen molar-refractivity contribution < 1.29 is 0 Å². The molecule has 92 valence electrons. The Morgan fingerprint density at radius 3 is 3.12 bits per heavy atom. The molecule has 0 aliphatic carbocycles. The number of hydrogen-bond acceptors (Lipinski definition) is 4. The Balaban J connectivity index is 2.05. The van der Waals surface area contributed by atoms with Crippen LogP contribution in [0.25, 0.3) is 5.52 Å². The number of hydrogen-bond donors (Lipinski definition) is 2. The highest BCUT2D eigenvalue weighted by molar-refractivity contribution is 5.66. The average Bonchev–Trinajstić information content (AvgIpc) is 2.83. The molecule has 1 unspecified atom stereocenters. The Morgan fingerprint density at radius 2 is 2.35 bits per heavy atom. The lowest BCUT2D eigenvalue weighted by atomic mass is 10.0. The summed E-state index contributed by atoms with van der Waals surface area (Å²) < 4.78 is 1.82. The molecular formula is C12H19N5. The summed E-state index contributed by atoms with van der Waals surface area (Å²) in [5, 5.41) is 7.56. The second-order valence-electron chi connectivity index (χ2n) is 4.17. The summed E-state index contributed by atoms with van der Waals surface area (Å²) in [5.41, 5.74) is 6.60. The third kappa shape index (κ3) is 2.74. The molecule has 0 aliphatic heterocycles. The number of anilines is 1. The molecule has 0 radical (unpaired) electrons. The largest absolute Gasteiger partial charge is 0.368 e. The highest BCUT2D eigenvalue weighted by Gasteiger charge is 2.07. The van der Waals surface area contributed by atoms with Crippen LogP contribution in [0.5, 0.6) is 0 Å². The lowest BCUT2D eigenvalue weighted by molar-refractivity contribution is 0.501. The fourth-order valence-corrected chi connectivity index (χ4v) is 1.92. The van der Waals surface area contributed by atoms with Crippen LogP contribution >= 0.6 is 0 Å². The molecule has 0 aromatic carbocycles. The number of nitrogens with one attached hydrogen (secondary N) is 1. The molecule has 2 aromatic heterocycles. The summed E-state index contributed by atoms with van der Waals surface area (Å²) in [5.74, 6) is 1.49. The molecule has 2 aromatic rings. The summed E-state index contributed by atoms with van der Waals surface area (Å²) in [6, 6.07) is 1.96. The van der Waals surface area contributed by atoms with Crippen molar-refractivity contribution in [1.29, 1.82) is 0 Å². The van der Waals surface area contributed by atoms with Gasteiger partial charge in [0.1, 0.15) is 5.52 Å². The Morgan fingerprint density at radius 1 is 1.47 bits per heavy atom. The first-order valence-corrected chi connectivity index (χ1v) is 6.07. The van der Waals surface area contributed by atoms with Gasteiger partial charge < -0.3 is 11.1 Å². The van der Waals surface area contributed by atoms with Crippen molar-refractivity contribution in [3.8, 4) is 0 Å². The van der Waals surface area contributed by atoms with Gasteiger partial charge in [-0.15, -0.1) is 0 Å². The summed E-state index contributed by atoms with van der Waals surface area (Å²) in [4.78, 5) is 4.34. The number of rotatable bonds is 6. The van der Waals surface area contributed by atoms with Crippen LogP contribution in [0.1, 0.15) is 19.8 Å². The van der Waals surface area contributed by atoms with E-state index in [-0.39, 0.29) is 0 Å². The molecule has 5 nitrogen and oxygen atoms in total. The van der Waals surface area contributed by atoms with Gasteiger partial charge in [-0.3, -0.25) is 0 Å². The fourth-order valence-electron chi connectivity index (χ4n) is 1.92. The van der Waals surface area contributed by atoms with Crippen LogP contribution < -0.4 is 11.1 Å². The Bertz CT molecular complexity index is 465. The predicted molar refractivity (Wildman–Crippen MR) is 68.9 cm³/mol. The molecule has 0 spiro atoms. The Hall–Kier alpha value is -1.62. The van der Waals surface area contributed by atoms with Crippen LogP contribution in [0.4, 0.5) is 5.82 Å². The van der Waals surface area contributed by atoms with Gasteiger partial charge >= 0.3 is 0 Å². The van der Waals surface area contributed by atoms with Gasteiger partial charge in [0, 0.05) is 18.9 Å². The van der Waals surface area contributed by atoms with Crippen molar-refractivity contribution in [2.75, 3.05) is 18.4 Å². The van der Waals surface area contributed by atoms with Crippen molar-refractivity contribution in [2.45, 2.75) is 19.8 Å². The molecule has 1 atom stereocenters. The minimum atomic E-state index is 0.602. The van der Waals surface area contributed by atoms with E-state index in [9.17, 15) is 0 Å². The molecule has 0 fully saturated rings. The van der Waals surface area contributed by atoms with E-state index in [0.717, 1.165) is 37.3 Å². The van der Waals surface area contributed by atoms with Gasteiger partial charge in [0.25, 0.3) is 0 Å². The molecule has 0 saturated heterocycles. The minimum absolute atomic E-state index is 0.602. The maximum absolute atomic E-state index is 5.59. The van der Waals surface area contributed by atoms with E-state index in [1.165, 1.54) is 0 Å². The molecule has 2 rings (SSSR count). The Labute approximate surface area is 101 Å². The summed E-state index contributed by atoms with van der Waals surface area (Å²) in [7, 11) is 0. The van der Waals surface area contributed by atoms with E-state index in [1.54, 1.807) is 12.4 Å². The van der Waals surface area contributed by atoms with E-state index in [4.69, 9.17) is 5.73 Å². The zero-order valence-electron chi connectivity index (χ0n) is 10.1. The van der Waals surface area contributed by atoms with Crippen molar-refractivity contribution in [1.82, 2.24) is 14.6 Å². The number of aromatic nitrogens is 3. The minimum Gasteiger partial charge on any atom is -0.368 e. The first kappa shape index (κ1) is 11.9. The predicted octanol–water partition coefficient (Wildman–Crippen LogP) is 1.52.